The summed E-state index contributed by atoms with van der Waals surface area (Å²) in [7, 11) is 0. The van der Waals surface area contributed by atoms with Crippen LogP contribution in [0.2, 0.25) is 0 Å². The topological polar surface area (TPSA) is 55.1 Å². The first kappa shape index (κ1) is 12.1. The van der Waals surface area contributed by atoms with Gasteiger partial charge in [0.05, 0.1) is 10.5 Å². The van der Waals surface area contributed by atoms with Gasteiger partial charge in [0.25, 0.3) is 0 Å². The second-order valence-electron chi connectivity index (χ2n) is 3.22. The SMILES string of the molecule is CC(NCc1cccc(F)c1Br)C(N)=O. The minimum Gasteiger partial charge on any atom is -0.368 e. The average molecular weight is 275 g/mol. The van der Waals surface area contributed by atoms with Crippen LogP contribution in [0.25, 0.3) is 0 Å². The highest BCUT2D eigenvalue weighted by molar-refractivity contribution is 9.10. The monoisotopic (exact) mass is 274 g/mol. The molecule has 0 radical (unpaired) electrons. The molecule has 82 valence electrons. The van der Waals surface area contributed by atoms with Crippen molar-refractivity contribution in [3.05, 3.63) is 34.1 Å². The molecule has 0 spiro atoms. The summed E-state index contributed by atoms with van der Waals surface area (Å²) in [5.74, 6) is -0.747. The van der Waals surface area contributed by atoms with Gasteiger partial charge in [-0.25, -0.2) is 4.39 Å². The molecule has 5 heteroatoms. The van der Waals surface area contributed by atoms with Gasteiger partial charge in [0.1, 0.15) is 5.82 Å². The number of carbonyl (C=O) groups excluding carboxylic acids is 1. The lowest BCUT2D eigenvalue weighted by atomic mass is 10.2. The van der Waals surface area contributed by atoms with E-state index in [1.165, 1.54) is 6.07 Å². The molecule has 0 aliphatic carbocycles. The predicted molar refractivity (Wildman–Crippen MR) is 59.6 cm³/mol. The van der Waals surface area contributed by atoms with E-state index in [1.807, 2.05) is 0 Å². The summed E-state index contributed by atoms with van der Waals surface area (Å²) in [5, 5.41) is 2.90. The number of nitrogens with two attached hydrogens (primary N) is 1. The molecule has 0 aliphatic rings. The van der Waals surface area contributed by atoms with Crippen LogP contribution in [0.1, 0.15) is 12.5 Å². The molecule has 1 aromatic rings. The zero-order valence-electron chi connectivity index (χ0n) is 8.26. The molecule has 3 nitrogen and oxygen atoms in total. The Morgan fingerprint density at radius 3 is 2.93 bits per heavy atom. The number of hydrogen-bond donors (Lipinski definition) is 2. The van der Waals surface area contributed by atoms with Crippen molar-refractivity contribution in [2.75, 3.05) is 0 Å². The van der Waals surface area contributed by atoms with Gasteiger partial charge in [-0.05, 0) is 34.5 Å². The van der Waals surface area contributed by atoms with E-state index in [4.69, 9.17) is 5.73 Å². The number of halogens is 2. The maximum absolute atomic E-state index is 13.1. The first-order chi connectivity index (χ1) is 7.02. The molecule has 0 saturated heterocycles. The fourth-order valence-corrected chi connectivity index (χ4v) is 1.45. The van der Waals surface area contributed by atoms with E-state index in [0.717, 1.165) is 5.56 Å². The summed E-state index contributed by atoms with van der Waals surface area (Å²) in [6.45, 7) is 2.05. The Morgan fingerprint density at radius 2 is 2.33 bits per heavy atom. The Balaban J connectivity index is 2.66. The highest BCUT2D eigenvalue weighted by atomic mass is 79.9. The maximum Gasteiger partial charge on any atom is 0.234 e. The van der Waals surface area contributed by atoms with E-state index in [1.54, 1.807) is 19.1 Å². The Hall–Kier alpha value is -0.940. The van der Waals surface area contributed by atoms with Crippen LogP contribution in [-0.2, 0) is 11.3 Å². The van der Waals surface area contributed by atoms with Gasteiger partial charge in [0.2, 0.25) is 5.91 Å². The van der Waals surface area contributed by atoms with Gasteiger partial charge < -0.3 is 11.1 Å². The van der Waals surface area contributed by atoms with Crippen molar-refractivity contribution in [2.24, 2.45) is 5.73 Å². The Labute approximate surface area is 96.0 Å². The van der Waals surface area contributed by atoms with Crippen LogP contribution in [0.5, 0.6) is 0 Å². The van der Waals surface area contributed by atoms with E-state index in [0.29, 0.717) is 11.0 Å². The summed E-state index contributed by atoms with van der Waals surface area (Å²) in [6.07, 6.45) is 0. The van der Waals surface area contributed by atoms with E-state index in [2.05, 4.69) is 21.2 Å². The number of rotatable bonds is 4. The van der Waals surface area contributed by atoms with Crippen molar-refractivity contribution in [1.29, 1.82) is 0 Å². The molecule has 1 unspecified atom stereocenters. The normalized spacial score (nSPS) is 12.5. The number of benzene rings is 1. The van der Waals surface area contributed by atoms with E-state index in [-0.39, 0.29) is 5.82 Å². The molecule has 0 bridgehead atoms. The summed E-state index contributed by atoms with van der Waals surface area (Å²) in [4.78, 5) is 10.7. The molecule has 15 heavy (non-hydrogen) atoms. The zero-order valence-corrected chi connectivity index (χ0v) is 9.84. The number of nitrogens with one attached hydrogen (secondary N) is 1. The minimum atomic E-state index is -0.430. The standard InChI is InChI=1S/C10H12BrFN2O/c1-6(10(13)15)14-5-7-3-2-4-8(12)9(7)11/h2-4,6,14H,5H2,1H3,(H2,13,15). The molecule has 0 saturated carbocycles. The molecule has 0 aromatic heterocycles. The Bertz CT molecular complexity index is 370. The fourth-order valence-electron chi connectivity index (χ4n) is 1.05. The molecule has 1 rings (SSSR count). The first-order valence-electron chi connectivity index (χ1n) is 4.48. The Kier molecular flexibility index (Phi) is 4.23. The molecule has 0 heterocycles. The maximum atomic E-state index is 13.1. The number of primary amides is 1. The minimum absolute atomic E-state index is 0.318. The van der Waals surface area contributed by atoms with Gasteiger partial charge in [-0.2, -0.15) is 0 Å². The van der Waals surface area contributed by atoms with Gasteiger partial charge >= 0.3 is 0 Å². The molecular weight excluding hydrogens is 263 g/mol. The van der Waals surface area contributed by atoms with Crippen molar-refractivity contribution in [3.63, 3.8) is 0 Å². The van der Waals surface area contributed by atoms with Gasteiger partial charge in [-0.15, -0.1) is 0 Å². The van der Waals surface area contributed by atoms with E-state index >= 15 is 0 Å². The quantitative estimate of drug-likeness (QED) is 0.876. The summed E-state index contributed by atoms with van der Waals surface area (Å²) in [6, 6.07) is 4.32. The van der Waals surface area contributed by atoms with E-state index in [9.17, 15) is 9.18 Å². The zero-order chi connectivity index (χ0) is 11.4. The smallest absolute Gasteiger partial charge is 0.234 e. The second-order valence-corrected chi connectivity index (χ2v) is 4.01. The third-order valence-corrected chi connectivity index (χ3v) is 2.95. The fraction of sp³-hybridized carbons (Fsp3) is 0.300. The lowest BCUT2D eigenvalue weighted by molar-refractivity contribution is -0.119. The molecule has 1 atom stereocenters. The highest BCUT2D eigenvalue weighted by Crippen LogP contribution is 2.20. The summed E-state index contributed by atoms with van der Waals surface area (Å²) in [5.41, 5.74) is 5.83. The van der Waals surface area contributed by atoms with Gasteiger partial charge in [0, 0.05) is 6.54 Å². The highest BCUT2D eigenvalue weighted by Gasteiger charge is 2.09. The number of carbonyl (C=O) groups is 1. The van der Waals surface area contributed by atoms with Crippen LogP contribution < -0.4 is 11.1 Å². The predicted octanol–water partition coefficient (Wildman–Crippen LogP) is 1.55. The average Bonchev–Trinajstić information content (AvgIpc) is 2.19. The van der Waals surface area contributed by atoms with Crippen molar-refractivity contribution < 1.29 is 9.18 Å². The molecule has 0 fully saturated rings. The number of amides is 1. The van der Waals surface area contributed by atoms with Crippen LogP contribution in [0, 0.1) is 5.82 Å². The van der Waals surface area contributed by atoms with Crippen LogP contribution in [0.3, 0.4) is 0 Å². The van der Waals surface area contributed by atoms with Crippen molar-refractivity contribution in [3.8, 4) is 0 Å². The largest absolute Gasteiger partial charge is 0.368 e. The third-order valence-electron chi connectivity index (χ3n) is 2.06. The summed E-state index contributed by atoms with van der Waals surface area (Å²) < 4.78 is 13.5. The van der Waals surface area contributed by atoms with Gasteiger partial charge in [-0.3, -0.25) is 4.79 Å². The van der Waals surface area contributed by atoms with Crippen molar-refractivity contribution >= 4 is 21.8 Å². The molecule has 1 aromatic carbocycles. The molecular formula is C10H12BrFN2O. The molecule has 0 aliphatic heterocycles. The van der Waals surface area contributed by atoms with Crippen LogP contribution >= 0.6 is 15.9 Å². The van der Waals surface area contributed by atoms with Crippen molar-refractivity contribution in [2.45, 2.75) is 19.5 Å². The lowest BCUT2D eigenvalue weighted by Gasteiger charge is -2.11. The van der Waals surface area contributed by atoms with Crippen molar-refractivity contribution in [1.82, 2.24) is 5.32 Å². The van der Waals surface area contributed by atoms with Crippen LogP contribution in [-0.4, -0.2) is 11.9 Å². The summed E-state index contributed by atoms with van der Waals surface area (Å²) >= 11 is 3.14. The van der Waals surface area contributed by atoms with Gasteiger partial charge in [0.15, 0.2) is 0 Å². The Morgan fingerprint density at radius 1 is 1.67 bits per heavy atom. The van der Waals surface area contributed by atoms with Gasteiger partial charge in [-0.1, -0.05) is 12.1 Å². The third kappa shape index (κ3) is 3.28. The molecule has 1 amide bonds. The second kappa shape index (κ2) is 5.23. The lowest BCUT2D eigenvalue weighted by Crippen LogP contribution is -2.38. The van der Waals surface area contributed by atoms with Crippen LogP contribution in [0.15, 0.2) is 22.7 Å². The molecule has 3 N–H and O–H groups in total. The van der Waals surface area contributed by atoms with Crippen LogP contribution in [0.4, 0.5) is 4.39 Å². The number of hydrogen-bond acceptors (Lipinski definition) is 2. The first-order valence-corrected chi connectivity index (χ1v) is 5.27. The van der Waals surface area contributed by atoms with E-state index < -0.39 is 11.9 Å².